The minimum absolute atomic E-state index is 0.168. The molecule has 0 fully saturated rings. The van der Waals surface area contributed by atoms with Crippen LogP contribution in [0.1, 0.15) is 31.5 Å². The first kappa shape index (κ1) is 15.5. The fourth-order valence-corrected chi connectivity index (χ4v) is 4.21. The number of nitrogens with zero attached hydrogens (tertiary/aromatic N) is 4. The summed E-state index contributed by atoms with van der Waals surface area (Å²) in [6.45, 7) is 5.49. The van der Waals surface area contributed by atoms with Crippen molar-refractivity contribution in [3.8, 4) is 0 Å². The number of anilines is 2. The number of fused-ring (bicyclic) bond motifs is 1. The summed E-state index contributed by atoms with van der Waals surface area (Å²) in [5.74, 6) is 0.769. The molecule has 3 heterocycles. The molecule has 2 aromatic heterocycles. The van der Waals surface area contributed by atoms with Crippen LogP contribution in [-0.2, 0) is 24.0 Å². The van der Waals surface area contributed by atoms with Gasteiger partial charge in [0.1, 0.15) is 12.1 Å². The van der Waals surface area contributed by atoms with Crippen LogP contribution in [0.15, 0.2) is 17.9 Å². The molecule has 2 atom stereocenters. The molecule has 8 heteroatoms. The lowest BCUT2D eigenvalue weighted by atomic mass is 10.1. The summed E-state index contributed by atoms with van der Waals surface area (Å²) in [5.41, 5.74) is 2.06. The second kappa shape index (κ2) is 6.80. The Morgan fingerprint density at radius 1 is 1.45 bits per heavy atom. The normalized spacial score (nSPS) is 17.7. The van der Waals surface area contributed by atoms with E-state index in [0.717, 1.165) is 41.6 Å². The Kier molecular flexibility index (Phi) is 4.80. The molecule has 0 saturated carbocycles. The van der Waals surface area contributed by atoms with Gasteiger partial charge in [-0.15, -0.1) is 11.3 Å². The highest BCUT2D eigenvalue weighted by Gasteiger charge is 2.26. The monoisotopic (exact) mass is 337 g/mol. The van der Waals surface area contributed by atoms with Gasteiger partial charge in [-0.05, 0) is 13.3 Å². The van der Waals surface area contributed by atoms with E-state index < -0.39 is 11.0 Å². The van der Waals surface area contributed by atoms with Crippen LogP contribution >= 0.6 is 11.3 Å². The number of aromatic nitrogens is 3. The molecule has 0 radical (unpaired) electrons. The summed E-state index contributed by atoms with van der Waals surface area (Å²) < 4.78 is 14.6. The molecule has 0 spiro atoms. The standard InChI is InChI=1S/C14H19N5OS2/c1-3-10(2)22(20)19-6-4-12-11(8-19)13(17-9-16-12)18-14-15-5-7-21-14/h5,7,9-10H,3-4,6,8H2,1-2H3,(H,15,16,17,18). The summed E-state index contributed by atoms with van der Waals surface area (Å²) in [5, 5.41) is 6.14. The molecule has 1 aliphatic rings. The zero-order chi connectivity index (χ0) is 15.5. The highest BCUT2D eigenvalue weighted by Crippen LogP contribution is 2.27. The van der Waals surface area contributed by atoms with Gasteiger partial charge in [-0.1, -0.05) is 6.92 Å². The highest BCUT2D eigenvalue weighted by molar-refractivity contribution is 7.83. The van der Waals surface area contributed by atoms with Crippen molar-refractivity contribution in [3.05, 3.63) is 29.2 Å². The lowest BCUT2D eigenvalue weighted by Gasteiger charge is -2.29. The van der Waals surface area contributed by atoms with E-state index in [1.54, 1.807) is 12.5 Å². The van der Waals surface area contributed by atoms with E-state index in [2.05, 4.69) is 27.2 Å². The number of hydrogen-bond donors (Lipinski definition) is 1. The Morgan fingerprint density at radius 3 is 3.05 bits per heavy atom. The molecule has 22 heavy (non-hydrogen) atoms. The molecule has 0 aromatic carbocycles. The van der Waals surface area contributed by atoms with Crippen molar-refractivity contribution >= 4 is 33.3 Å². The predicted octanol–water partition coefficient (Wildman–Crippen LogP) is 2.50. The zero-order valence-electron chi connectivity index (χ0n) is 12.7. The summed E-state index contributed by atoms with van der Waals surface area (Å²) in [7, 11) is -0.968. The van der Waals surface area contributed by atoms with E-state index >= 15 is 0 Å². The first-order valence-electron chi connectivity index (χ1n) is 7.34. The third kappa shape index (κ3) is 3.18. The highest BCUT2D eigenvalue weighted by atomic mass is 32.2. The van der Waals surface area contributed by atoms with Crippen molar-refractivity contribution < 1.29 is 4.21 Å². The van der Waals surface area contributed by atoms with Gasteiger partial charge >= 0.3 is 0 Å². The van der Waals surface area contributed by atoms with Gasteiger partial charge in [-0.25, -0.2) is 23.5 Å². The third-order valence-corrected chi connectivity index (χ3v) is 6.33. The Labute approximate surface area is 136 Å². The molecule has 0 amide bonds. The van der Waals surface area contributed by atoms with Gasteiger partial charge in [0.2, 0.25) is 0 Å². The Morgan fingerprint density at radius 2 is 2.32 bits per heavy atom. The van der Waals surface area contributed by atoms with E-state index in [9.17, 15) is 4.21 Å². The molecule has 0 aliphatic carbocycles. The molecule has 0 saturated heterocycles. The minimum Gasteiger partial charge on any atom is -0.316 e. The van der Waals surface area contributed by atoms with Crippen LogP contribution in [-0.4, -0.2) is 35.3 Å². The quantitative estimate of drug-likeness (QED) is 0.907. The van der Waals surface area contributed by atoms with Gasteiger partial charge in [0, 0.05) is 41.9 Å². The van der Waals surface area contributed by atoms with E-state index in [1.807, 2.05) is 16.6 Å². The van der Waals surface area contributed by atoms with E-state index in [1.165, 1.54) is 11.3 Å². The molecule has 2 unspecified atom stereocenters. The minimum atomic E-state index is -0.968. The van der Waals surface area contributed by atoms with Crippen molar-refractivity contribution in [2.45, 2.75) is 38.5 Å². The van der Waals surface area contributed by atoms with Gasteiger partial charge < -0.3 is 5.32 Å². The Hall–Kier alpha value is -1.38. The summed E-state index contributed by atoms with van der Waals surface area (Å²) >= 11 is 1.53. The van der Waals surface area contributed by atoms with Crippen molar-refractivity contribution in [2.24, 2.45) is 0 Å². The van der Waals surface area contributed by atoms with Crippen molar-refractivity contribution in [2.75, 3.05) is 11.9 Å². The lowest BCUT2D eigenvalue weighted by Crippen LogP contribution is -2.37. The number of thiazole rings is 1. The van der Waals surface area contributed by atoms with Crippen LogP contribution in [0, 0.1) is 0 Å². The molecule has 3 rings (SSSR count). The second-order valence-corrected chi connectivity index (χ2v) is 7.99. The van der Waals surface area contributed by atoms with Crippen LogP contribution in [0.5, 0.6) is 0 Å². The summed E-state index contributed by atoms with van der Waals surface area (Å²) in [6.07, 6.45) is 5.04. The predicted molar refractivity (Wildman–Crippen MR) is 89.4 cm³/mol. The molecule has 118 valence electrons. The number of nitrogens with one attached hydrogen (secondary N) is 1. The van der Waals surface area contributed by atoms with Crippen LogP contribution < -0.4 is 5.32 Å². The van der Waals surface area contributed by atoms with Gasteiger partial charge in [0.05, 0.1) is 16.7 Å². The van der Waals surface area contributed by atoms with Gasteiger partial charge in [-0.3, -0.25) is 0 Å². The average Bonchev–Trinajstić information content (AvgIpc) is 3.06. The van der Waals surface area contributed by atoms with Gasteiger partial charge in [0.25, 0.3) is 0 Å². The maximum atomic E-state index is 12.5. The SMILES string of the molecule is CCC(C)S(=O)N1CCc2ncnc(Nc3nccs3)c2C1. The fraction of sp³-hybridized carbons (Fsp3) is 0.500. The molecule has 2 aromatic rings. The first-order valence-corrected chi connectivity index (χ1v) is 9.39. The van der Waals surface area contributed by atoms with E-state index in [0.29, 0.717) is 6.54 Å². The number of rotatable bonds is 5. The summed E-state index contributed by atoms with van der Waals surface area (Å²) in [4.78, 5) is 12.9. The number of hydrogen-bond acceptors (Lipinski definition) is 6. The smallest absolute Gasteiger partial charge is 0.188 e. The molecular formula is C14H19N5OS2. The zero-order valence-corrected chi connectivity index (χ0v) is 14.3. The molecule has 1 aliphatic heterocycles. The van der Waals surface area contributed by atoms with Crippen molar-refractivity contribution in [3.63, 3.8) is 0 Å². The first-order chi connectivity index (χ1) is 10.7. The van der Waals surface area contributed by atoms with Crippen LogP contribution in [0.3, 0.4) is 0 Å². The topological polar surface area (TPSA) is 71.0 Å². The van der Waals surface area contributed by atoms with Crippen molar-refractivity contribution in [1.29, 1.82) is 0 Å². The van der Waals surface area contributed by atoms with Crippen molar-refractivity contribution in [1.82, 2.24) is 19.3 Å². The molecule has 0 bridgehead atoms. The second-order valence-electron chi connectivity index (χ2n) is 5.22. The fourth-order valence-electron chi connectivity index (χ4n) is 2.36. The molecule has 1 N–H and O–H groups in total. The Bertz CT molecular complexity index is 661. The van der Waals surface area contributed by atoms with E-state index in [4.69, 9.17) is 0 Å². The van der Waals surface area contributed by atoms with Crippen LogP contribution in [0.25, 0.3) is 0 Å². The van der Waals surface area contributed by atoms with Crippen LogP contribution in [0.4, 0.5) is 10.9 Å². The molecule has 6 nitrogen and oxygen atoms in total. The average molecular weight is 337 g/mol. The Balaban J connectivity index is 1.84. The maximum Gasteiger partial charge on any atom is 0.188 e. The van der Waals surface area contributed by atoms with E-state index in [-0.39, 0.29) is 5.25 Å². The van der Waals surface area contributed by atoms with Gasteiger partial charge in [-0.2, -0.15) is 0 Å². The van der Waals surface area contributed by atoms with Gasteiger partial charge in [0.15, 0.2) is 5.13 Å². The van der Waals surface area contributed by atoms with Crippen LogP contribution in [0.2, 0.25) is 0 Å². The summed E-state index contributed by atoms with van der Waals surface area (Å²) in [6, 6.07) is 0. The maximum absolute atomic E-state index is 12.5. The largest absolute Gasteiger partial charge is 0.316 e. The molecular weight excluding hydrogens is 318 g/mol. The lowest BCUT2D eigenvalue weighted by molar-refractivity contribution is 0.411. The third-order valence-electron chi connectivity index (χ3n) is 3.80.